The quantitative estimate of drug-likeness (QED) is 0.161. The van der Waals surface area contributed by atoms with Gasteiger partial charge >= 0.3 is 0 Å². The zero-order valence-electron chi connectivity index (χ0n) is 28.6. The number of fused-ring (bicyclic) bond motifs is 4. The Kier molecular flexibility index (Phi) is 7.25. The van der Waals surface area contributed by atoms with E-state index >= 15 is 0 Å². The molecule has 0 heterocycles. The zero-order valence-corrected chi connectivity index (χ0v) is 28.6. The SMILES string of the molecule is c1ccc(-c2cc(-c3ccccc3)cc(-c3c4ccccc4c(-c4ccc5ccccc5c4)c4cc(-c5ccc6ccccc6c5)ccc34)c2)cc1. The molecule has 10 rings (SSSR count). The number of hydrogen-bond acceptors (Lipinski definition) is 0. The van der Waals surface area contributed by atoms with E-state index in [1.807, 2.05) is 0 Å². The lowest BCUT2D eigenvalue weighted by Gasteiger charge is -2.20. The molecule has 0 fully saturated rings. The van der Waals surface area contributed by atoms with Crippen LogP contribution in [0.15, 0.2) is 206 Å². The monoisotopic (exact) mass is 658 g/mol. The summed E-state index contributed by atoms with van der Waals surface area (Å²) in [5, 5.41) is 10.00. The molecule has 0 atom stereocenters. The molecule has 0 saturated carbocycles. The van der Waals surface area contributed by atoms with Crippen molar-refractivity contribution in [2.75, 3.05) is 0 Å². The Labute approximate surface area is 303 Å². The molecule has 0 radical (unpaired) electrons. The molecular weight excluding hydrogens is 625 g/mol. The molecule has 0 nitrogen and oxygen atoms in total. The molecule has 0 heteroatoms. The summed E-state index contributed by atoms with van der Waals surface area (Å²) in [6.07, 6.45) is 0. The highest BCUT2D eigenvalue weighted by Gasteiger charge is 2.19. The highest BCUT2D eigenvalue weighted by Crippen LogP contribution is 2.46. The van der Waals surface area contributed by atoms with E-state index in [0.29, 0.717) is 0 Å². The summed E-state index contributed by atoms with van der Waals surface area (Å²) < 4.78 is 0. The highest BCUT2D eigenvalue weighted by atomic mass is 14.2. The fourth-order valence-electron chi connectivity index (χ4n) is 8.06. The number of benzene rings is 10. The van der Waals surface area contributed by atoms with E-state index in [9.17, 15) is 0 Å². The van der Waals surface area contributed by atoms with Crippen molar-refractivity contribution in [3.63, 3.8) is 0 Å². The molecule has 0 bridgehead atoms. The lowest BCUT2D eigenvalue weighted by Crippen LogP contribution is -1.93. The molecule has 0 amide bonds. The van der Waals surface area contributed by atoms with Crippen molar-refractivity contribution in [3.05, 3.63) is 206 Å². The van der Waals surface area contributed by atoms with E-state index in [1.165, 1.54) is 98.7 Å². The second kappa shape index (κ2) is 12.5. The van der Waals surface area contributed by atoms with Crippen LogP contribution >= 0.6 is 0 Å². The molecule has 0 aromatic heterocycles. The minimum Gasteiger partial charge on any atom is -0.0622 e. The van der Waals surface area contributed by atoms with E-state index < -0.39 is 0 Å². The summed E-state index contributed by atoms with van der Waals surface area (Å²) in [5.74, 6) is 0. The van der Waals surface area contributed by atoms with Gasteiger partial charge in [-0.1, -0.05) is 170 Å². The van der Waals surface area contributed by atoms with Gasteiger partial charge in [0.05, 0.1) is 0 Å². The van der Waals surface area contributed by atoms with Gasteiger partial charge in [0.15, 0.2) is 0 Å². The molecule has 0 aliphatic carbocycles. The van der Waals surface area contributed by atoms with Crippen LogP contribution in [0.2, 0.25) is 0 Å². The minimum atomic E-state index is 1.21. The maximum absolute atomic E-state index is 2.43. The summed E-state index contributed by atoms with van der Waals surface area (Å²) in [5.41, 5.74) is 12.2. The standard InChI is InChI=1S/C52H34/c1-3-13-35(14-4-1)44-31-45(36-15-5-2-6-16-36)33-46(32-44)52-48-22-12-11-21-47(48)51(43-26-24-38-18-8-10-20-40(38)30-43)50-34-42(27-28-49(50)52)41-25-23-37-17-7-9-19-39(37)29-41/h1-34H. The predicted molar refractivity (Wildman–Crippen MR) is 224 cm³/mol. The predicted octanol–water partition coefficient (Wildman–Crippen LogP) is 14.6. The summed E-state index contributed by atoms with van der Waals surface area (Å²) in [6.45, 7) is 0. The van der Waals surface area contributed by atoms with Crippen molar-refractivity contribution >= 4 is 43.1 Å². The van der Waals surface area contributed by atoms with Crippen LogP contribution in [0.1, 0.15) is 0 Å². The third-order valence-corrected chi connectivity index (χ3v) is 10.6. The van der Waals surface area contributed by atoms with Crippen LogP contribution in [-0.4, -0.2) is 0 Å². The molecule has 242 valence electrons. The molecule has 0 aliphatic heterocycles. The second-order valence-corrected chi connectivity index (χ2v) is 13.7. The Bertz CT molecular complexity index is 2880. The summed E-state index contributed by atoms with van der Waals surface area (Å²) in [6, 6.07) is 75.8. The molecular formula is C52H34. The minimum absolute atomic E-state index is 1.21. The fraction of sp³-hybridized carbons (Fsp3) is 0. The Balaban J connectivity index is 1.31. The third-order valence-electron chi connectivity index (χ3n) is 10.6. The van der Waals surface area contributed by atoms with E-state index in [1.54, 1.807) is 0 Å². The lowest BCUT2D eigenvalue weighted by molar-refractivity contribution is 1.58. The molecule has 0 unspecified atom stereocenters. The Morgan fingerprint density at radius 3 is 1.17 bits per heavy atom. The van der Waals surface area contributed by atoms with Gasteiger partial charge in [0.1, 0.15) is 0 Å². The molecule has 0 saturated heterocycles. The van der Waals surface area contributed by atoms with Gasteiger partial charge in [-0.25, -0.2) is 0 Å². The van der Waals surface area contributed by atoms with Gasteiger partial charge < -0.3 is 0 Å². The Morgan fingerprint density at radius 2 is 0.577 bits per heavy atom. The van der Waals surface area contributed by atoms with Crippen molar-refractivity contribution < 1.29 is 0 Å². The number of rotatable bonds is 5. The van der Waals surface area contributed by atoms with Crippen molar-refractivity contribution in [1.82, 2.24) is 0 Å². The van der Waals surface area contributed by atoms with Crippen molar-refractivity contribution in [3.8, 4) is 55.6 Å². The van der Waals surface area contributed by atoms with Crippen LogP contribution in [0.5, 0.6) is 0 Å². The van der Waals surface area contributed by atoms with E-state index in [2.05, 4.69) is 206 Å². The molecule has 10 aromatic carbocycles. The van der Waals surface area contributed by atoms with Crippen LogP contribution in [0, 0.1) is 0 Å². The van der Waals surface area contributed by atoms with Crippen molar-refractivity contribution in [2.45, 2.75) is 0 Å². The average Bonchev–Trinajstić information content (AvgIpc) is 3.22. The first kappa shape index (κ1) is 30.1. The fourth-order valence-corrected chi connectivity index (χ4v) is 8.06. The molecule has 52 heavy (non-hydrogen) atoms. The first-order valence-electron chi connectivity index (χ1n) is 18.0. The number of hydrogen-bond donors (Lipinski definition) is 0. The van der Waals surface area contributed by atoms with Crippen molar-refractivity contribution in [1.29, 1.82) is 0 Å². The second-order valence-electron chi connectivity index (χ2n) is 13.7. The topological polar surface area (TPSA) is 0 Å². The van der Waals surface area contributed by atoms with Gasteiger partial charge in [0.25, 0.3) is 0 Å². The van der Waals surface area contributed by atoms with Crippen LogP contribution in [0.4, 0.5) is 0 Å². The van der Waals surface area contributed by atoms with Crippen LogP contribution in [0.3, 0.4) is 0 Å². The Morgan fingerprint density at radius 1 is 0.173 bits per heavy atom. The largest absolute Gasteiger partial charge is 0.0622 e. The lowest BCUT2D eigenvalue weighted by atomic mass is 9.83. The zero-order chi connectivity index (χ0) is 34.4. The Hall–Kier alpha value is -6.76. The third kappa shape index (κ3) is 5.25. The highest BCUT2D eigenvalue weighted by molar-refractivity contribution is 6.22. The first-order valence-corrected chi connectivity index (χ1v) is 18.0. The summed E-state index contributed by atoms with van der Waals surface area (Å²) >= 11 is 0. The summed E-state index contributed by atoms with van der Waals surface area (Å²) in [7, 11) is 0. The van der Waals surface area contributed by atoms with Gasteiger partial charge in [-0.3, -0.25) is 0 Å². The summed E-state index contributed by atoms with van der Waals surface area (Å²) in [4.78, 5) is 0. The molecule has 10 aromatic rings. The van der Waals surface area contributed by atoms with Gasteiger partial charge in [0, 0.05) is 0 Å². The normalized spacial score (nSPS) is 11.5. The van der Waals surface area contributed by atoms with Gasteiger partial charge in [-0.15, -0.1) is 0 Å². The van der Waals surface area contributed by atoms with Crippen LogP contribution < -0.4 is 0 Å². The van der Waals surface area contributed by atoms with Gasteiger partial charge in [-0.05, 0) is 135 Å². The smallest absolute Gasteiger partial charge is 0.00259 e. The maximum Gasteiger partial charge on any atom is -0.00259 e. The van der Waals surface area contributed by atoms with E-state index in [4.69, 9.17) is 0 Å². The maximum atomic E-state index is 2.43. The van der Waals surface area contributed by atoms with E-state index in [-0.39, 0.29) is 0 Å². The van der Waals surface area contributed by atoms with Gasteiger partial charge in [-0.2, -0.15) is 0 Å². The molecule has 0 aliphatic rings. The molecule has 0 N–H and O–H groups in total. The van der Waals surface area contributed by atoms with Crippen LogP contribution in [0.25, 0.3) is 98.7 Å². The first-order chi connectivity index (χ1) is 25.8. The molecule has 0 spiro atoms. The van der Waals surface area contributed by atoms with Gasteiger partial charge in [0.2, 0.25) is 0 Å². The van der Waals surface area contributed by atoms with E-state index in [0.717, 1.165) is 0 Å². The van der Waals surface area contributed by atoms with Crippen molar-refractivity contribution in [2.24, 2.45) is 0 Å². The van der Waals surface area contributed by atoms with Crippen LogP contribution in [-0.2, 0) is 0 Å². The average molecular weight is 659 g/mol.